The van der Waals surface area contributed by atoms with E-state index in [1.807, 2.05) is 12.3 Å². The van der Waals surface area contributed by atoms with Gasteiger partial charge in [0.15, 0.2) is 0 Å². The molecule has 1 aromatic rings. The lowest BCUT2D eigenvalue weighted by molar-refractivity contribution is -0.141. The first-order valence-corrected chi connectivity index (χ1v) is 7.70. The third-order valence-electron chi connectivity index (χ3n) is 2.78. The molecule has 1 aromatic heterocycles. The van der Waals surface area contributed by atoms with E-state index in [2.05, 4.69) is 31.1 Å². The smallest absolute Gasteiger partial charge is 0.326 e. The summed E-state index contributed by atoms with van der Waals surface area (Å²) < 4.78 is 0. The number of rotatable bonds is 6. The van der Waals surface area contributed by atoms with Crippen LogP contribution >= 0.6 is 11.3 Å². The highest BCUT2D eigenvalue weighted by Crippen LogP contribution is 2.25. The zero-order valence-corrected chi connectivity index (χ0v) is 13.7. The van der Waals surface area contributed by atoms with Crippen LogP contribution in [0.1, 0.15) is 44.8 Å². The maximum absolute atomic E-state index is 11.9. The molecule has 0 spiro atoms. The van der Waals surface area contributed by atoms with Gasteiger partial charge in [-0.1, -0.05) is 32.9 Å². The van der Waals surface area contributed by atoms with E-state index in [0.717, 1.165) is 5.01 Å². The molecule has 1 heterocycles. The second-order valence-corrected chi connectivity index (χ2v) is 6.69. The first-order valence-electron chi connectivity index (χ1n) is 6.82. The fourth-order valence-electron chi connectivity index (χ4n) is 1.64. The van der Waals surface area contributed by atoms with Gasteiger partial charge in [0, 0.05) is 10.8 Å². The lowest BCUT2D eigenvalue weighted by atomic mass is 9.98. The number of thiazole rings is 1. The molecule has 0 bridgehead atoms. The average Bonchev–Trinajstić information content (AvgIpc) is 2.82. The van der Waals surface area contributed by atoms with Gasteiger partial charge in [-0.15, -0.1) is 11.3 Å². The molecule has 21 heavy (non-hydrogen) atoms. The second kappa shape index (κ2) is 7.36. The van der Waals surface area contributed by atoms with Crippen LogP contribution in [0.4, 0.5) is 0 Å². The molecule has 0 saturated heterocycles. The minimum Gasteiger partial charge on any atom is -0.480 e. The summed E-state index contributed by atoms with van der Waals surface area (Å²) in [6.45, 7) is 8.00. The van der Waals surface area contributed by atoms with Crippen molar-refractivity contribution in [1.82, 2.24) is 10.3 Å². The lowest BCUT2D eigenvalue weighted by Gasteiger charge is -2.14. The van der Waals surface area contributed by atoms with E-state index >= 15 is 0 Å². The summed E-state index contributed by atoms with van der Waals surface area (Å²) in [7, 11) is 0. The highest BCUT2D eigenvalue weighted by molar-refractivity contribution is 7.09. The molecular weight excluding hydrogens is 288 g/mol. The van der Waals surface area contributed by atoms with E-state index in [-0.39, 0.29) is 24.2 Å². The van der Waals surface area contributed by atoms with E-state index in [0.29, 0.717) is 5.69 Å². The second-order valence-electron chi connectivity index (χ2n) is 5.83. The minimum atomic E-state index is -1.03. The van der Waals surface area contributed by atoms with E-state index in [9.17, 15) is 9.59 Å². The number of aromatic nitrogens is 1. The van der Waals surface area contributed by atoms with Crippen molar-refractivity contribution in [2.24, 2.45) is 0 Å². The molecule has 0 fully saturated rings. The Kier molecular flexibility index (Phi) is 6.08. The van der Waals surface area contributed by atoms with Gasteiger partial charge in [-0.2, -0.15) is 0 Å². The molecule has 1 amide bonds. The summed E-state index contributed by atoms with van der Waals surface area (Å²) in [6.07, 6.45) is 3.87. The Bertz CT molecular complexity index is 529. The molecule has 0 aliphatic carbocycles. The van der Waals surface area contributed by atoms with Crippen LogP contribution in [0.15, 0.2) is 17.5 Å². The van der Waals surface area contributed by atoms with Crippen molar-refractivity contribution in [2.75, 3.05) is 0 Å². The third-order valence-corrected chi connectivity index (χ3v) is 4.09. The predicted molar refractivity (Wildman–Crippen MR) is 83.5 cm³/mol. The van der Waals surface area contributed by atoms with Crippen molar-refractivity contribution in [3.8, 4) is 0 Å². The largest absolute Gasteiger partial charge is 0.480 e. The summed E-state index contributed by atoms with van der Waals surface area (Å²) >= 11 is 1.52. The number of carbonyl (C=O) groups excluding carboxylic acids is 1. The molecule has 5 nitrogen and oxygen atoms in total. The van der Waals surface area contributed by atoms with Crippen LogP contribution in [0.5, 0.6) is 0 Å². The Morgan fingerprint density at radius 3 is 2.62 bits per heavy atom. The molecule has 0 saturated carbocycles. The van der Waals surface area contributed by atoms with E-state index in [1.165, 1.54) is 11.3 Å². The van der Waals surface area contributed by atoms with Crippen molar-refractivity contribution >= 4 is 23.2 Å². The van der Waals surface area contributed by atoms with Gasteiger partial charge < -0.3 is 10.4 Å². The number of allylic oxidation sites excluding steroid dienone is 1. The zero-order chi connectivity index (χ0) is 16.0. The van der Waals surface area contributed by atoms with Gasteiger partial charge in [-0.05, 0) is 13.3 Å². The normalized spacial score (nSPS) is 13.3. The van der Waals surface area contributed by atoms with Crippen molar-refractivity contribution in [3.63, 3.8) is 0 Å². The van der Waals surface area contributed by atoms with E-state index < -0.39 is 12.0 Å². The van der Waals surface area contributed by atoms with Gasteiger partial charge in [-0.3, -0.25) is 4.79 Å². The van der Waals surface area contributed by atoms with Gasteiger partial charge in [0.05, 0.1) is 17.1 Å². The summed E-state index contributed by atoms with van der Waals surface area (Å²) in [5.41, 5.74) is 0.632. The minimum absolute atomic E-state index is 0.0467. The summed E-state index contributed by atoms with van der Waals surface area (Å²) in [6, 6.07) is -0.894. The molecule has 116 valence electrons. The number of hydrogen-bond donors (Lipinski definition) is 2. The van der Waals surface area contributed by atoms with Gasteiger partial charge in [0.2, 0.25) is 5.91 Å². The average molecular weight is 310 g/mol. The summed E-state index contributed by atoms with van der Waals surface area (Å²) in [5.74, 6) is -1.35. The van der Waals surface area contributed by atoms with Crippen LogP contribution in [0, 0.1) is 0 Å². The Labute approximate surface area is 129 Å². The lowest BCUT2D eigenvalue weighted by Crippen LogP contribution is -2.41. The predicted octanol–water partition coefficient (Wildman–Crippen LogP) is 2.52. The molecule has 0 aromatic carbocycles. The maximum atomic E-state index is 11.9. The molecular formula is C15H22N2O3S. The molecule has 0 aliphatic rings. The Hall–Kier alpha value is -1.69. The molecule has 1 unspecified atom stereocenters. The van der Waals surface area contributed by atoms with Crippen molar-refractivity contribution in [1.29, 1.82) is 0 Å². The molecule has 1 atom stereocenters. The molecule has 0 aliphatic heterocycles. The standard InChI is InChI=1S/C15H22N2O3S/c1-5-6-7-11(13(19)20)17-12(18)8-10-9-21-14(16-10)15(2,3)4/h5-6,9,11H,7-8H2,1-4H3,(H,17,18)(H,19,20)/b6-5+. The van der Waals surface area contributed by atoms with Gasteiger partial charge >= 0.3 is 5.97 Å². The number of carbonyl (C=O) groups is 2. The van der Waals surface area contributed by atoms with Crippen LogP contribution in [-0.4, -0.2) is 28.0 Å². The van der Waals surface area contributed by atoms with Crippen LogP contribution in [-0.2, 0) is 21.4 Å². The number of carboxylic acids is 1. The van der Waals surface area contributed by atoms with Gasteiger partial charge in [0.25, 0.3) is 0 Å². The highest BCUT2D eigenvalue weighted by atomic mass is 32.1. The number of nitrogens with zero attached hydrogens (tertiary/aromatic N) is 1. The van der Waals surface area contributed by atoms with Crippen molar-refractivity contribution in [3.05, 3.63) is 28.2 Å². The summed E-state index contributed by atoms with van der Waals surface area (Å²) in [4.78, 5) is 27.4. The molecule has 1 rings (SSSR count). The Morgan fingerprint density at radius 1 is 1.48 bits per heavy atom. The van der Waals surface area contributed by atoms with Gasteiger partial charge in [-0.25, -0.2) is 9.78 Å². The SMILES string of the molecule is C/C=C/CC(NC(=O)Cc1csc(C(C)(C)C)n1)C(=O)O. The Morgan fingerprint density at radius 2 is 2.14 bits per heavy atom. The van der Waals surface area contributed by atoms with Gasteiger partial charge in [0.1, 0.15) is 6.04 Å². The van der Waals surface area contributed by atoms with Crippen LogP contribution in [0.3, 0.4) is 0 Å². The number of hydrogen-bond acceptors (Lipinski definition) is 4. The fraction of sp³-hybridized carbons (Fsp3) is 0.533. The van der Waals surface area contributed by atoms with Crippen molar-refractivity contribution in [2.45, 2.75) is 52.0 Å². The third kappa shape index (κ3) is 5.67. The first-order chi connectivity index (χ1) is 9.74. The van der Waals surface area contributed by atoms with Crippen LogP contribution < -0.4 is 5.32 Å². The number of nitrogens with one attached hydrogen (secondary N) is 1. The zero-order valence-electron chi connectivity index (χ0n) is 12.8. The number of carboxylic acid groups (broad SMARTS) is 1. The fourth-order valence-corrected chi connectivity index (χ4v) is 2.54. The van der Waals surface area contributed by atoms with E-state index in [4.69, 9.17) is 5.11 Å². The molecule has 0 radical (unpaired) electrons. The number of amides is 1. The Balaban J connectivity index is 2.64. The molecule has 6 heteroatoms. The summed E-state index contributed by atoms with van der Waals surface area (Å²) in [5, 5.41) is 14.4. The van der Waals surface area contributed by atoms with E-state index in [1.54, 1.807) is 12.2 Å². The number of aliphatic carboxylic acids is 1. The molecule has 2 N–H and O–H groups in total. The monoisotopic (exact) mass is 310 g/mol. The first kappa shape index (κ1) is 17.4. The maximum Gasteiger partial charge on any atom is 0.326 e. The van der Waals surface area contributed by atoms with Crippen molar-refractivity contribution < 1.29 is 14.7 Å². The quantitative estimate of drug-likeness (QED) is 0.791. The highest BCUT2D eigenvalue weighted by Gasteiger charge is 2.21. The van der Waals surface area contributed by atoms with Crippen LogP contribution in [0.25, 0.3) is 0 Å². The van der Waals surface area contributed by atoms with Crippen LogP contribution in [0.2, 0.25) is 0 Å². The topological polar surface area (TPSA) is 79.3 Å².